The number of carbonyl (C=O) groups excluding carboxylic acids is 1. The van der Waals surface area contributed by atoms with Crippen molar-refractivity contribution in [1.29, 1.82) is 0 Å². The number of rotatable bonds is 1. The fourth-order valence-corrected chi connectivity index (χ4v) is 4.19. The Morgan fingerprint density at radius 1 is 1.09 bits per heavy atom. The molecular formula is C17H24ClN3O. The van der Waals surface area contributed by atoms with E-state index in [-0.39, 0.29) is 24.4 Å². The van der Waals surface area contributed by atoms with Gasteiger partial charge in [-0.2, -0.15) is 0 Å². The zero-order valence-electron chi connectivity index (χ0n) is 12.8. The smallest absolute Gasteiger partial charge is 0.241 e. The molecule has 1 aromatic carbocycles. The molecule has 120 valence electrons. The van der Waals surface area contributed by atoms with Gasteiger partial charge >= 0.3 is 0 Å². The average molecular weight is 322 g/mol. The minimum atomic E-state index is 0. The molecular weight excluding hydrogens is 298 g/mol. The van der Waals surface area contributed by atoms with E-state index in [9.17, 15) is 4.79 Å². The number of para-hydroxylation sites is 1. The van der Waals surface area contributed by atoms with Crippen LogP contribution in [0, 0.1) is 11.8 Å². The van der Waals surface area contributed by atoms with Gasteiger partial charge in [0, 0.05) is 12.2 Å². The molecule has 0 aliphatic carbocycles. The normalized spacial score (nSPS) is 31.5. The van der Waals surface area contributed by atoms with Crippen molar-refractivity contribution in [2.45, 2.75) is 25.3 Å². The Balaban J connectivity index is 0.00000144. The molecule has 3 atom stereocenters. The van der Waals surface area contributed by atoms with E-state index in [1.807, 2.05) is 12.1 Å². The Morgan fingerprint density at radius 2 is 1.91 bits per heavy atom. The Labute approximate surface area is 138 Å². The number of carbonyl (C=O) groups is 1. The monoisotopic (exact) mass is 321 g/mol. The first-order valence-electron chi connectivity index (χ1n) is 8.15. The van der Waals surface area contributed by atoms with Crippen LogP contribution in [0.5, 0.6) is 0 Å². The van der Waals surface area contributed by atoms with Gasteiger partial charge in [0.05, 0.1) is 6.04 Å². The zero-order chi connectivity index (χ0) is 14.2. The van der Waals surface area contributed by atoms with E-state index in [2.05, 4.69) is 27.7 Å². The standard InChI is InChI=1S/C17H23N3O.ClH/c21-17-16(6-5-12-3-1-2-4-15(12)19-17)20-8-7-13-9-18-10-14(13)11-20;/h1-4,13-14,16,18H,5-11H2,(H,19,21);1H. The summed E-state index contributed by atoms with van der Waals surface area (Å²) >= 11 is 0. The third kappa shape index (κ3) is 2.87. The quantitative estimate of drug-likeness (QED) is 0.830. The summed E-state index contributed by atoms with van der Waals surface area (Å²) in [5, 5.41) is 6.63. The number of hydrogen-bond donors (Lipinski definition) is 2. The van der Waals surface area contributed by atoms with Crippen molar-refractivity contribution in [2.75, 3.05) is 31.5 Å². The molecule has 2 saturated heterocycles. The number of halogens is 1. The molecule has 1 aromatic rings. The highest BCUT2D eigenvalue weighted by Gasteiger charge is 2.37. The lowest BCUT2D eigenvalue weighted by atomic mass is 9.87. The Kier molecular flexibility index (Phi) is 4.71. The summed E-state index contributed by atoms with van der Waals surface area (Å²) in [4.78, 5) is 15.0. The van der Waals surface area contributed by atoms with Crippen LogP contribution in [-0.2, 0) is 11.2 Å². The third-order valence-electron chi connectivity index (χ3n) is 5.44. The number of nitrogens with one attached hydrogen (secondary N) is 2. The molecule has 0 bridgehead atoms. The van der Waals surface area contributed by atoms with Crippen molar-refractivity contribution in [3.05, 3.63) is 29.8 Å². The van der Waals surface area contributed by atoms with Gasteiger partial charge in [-0.25, -0.2) is 0 Å². The van der Waals surface area contributed by atoms with Gasteiger partial charge in [0.25, 0.3) is 0 Å². The van der Waals surface area contributed by atoms with Gasteiger partial charge in [0.15, 0.2) is 0 Å². The number of piperidine rings is 1. The fraction of sp³-hybridized carbons (Fsp3) is 0.588. The number of anilines is 1. The van der Waals surface area contributed by atoms with Gasteiger partial charge < -0.3 is 10.6 Å². The third-order valence-corrected chi connectivity index (χ3v) is 5.44. The summed E-state index contributed by atoms with van der Waals surface area (Å²) < 4.78 is 0. The van der Waals surface area contributed by atoms with Crippen LogP contribution in [-0.4, -0.2) is 43.0 Å². The molecule has 4 nitrogen and oxygen atoms in total. The molecule has 1 amide bonds. The molecule has 3 aliphatic heterocycles. The predicted molar refractivity (Wildman–Crippen MR) is 90.5 cm³/mol. The largest absolute Gasteiger partial charge is 0.324 e. The second-order valence-corrected chi connectivity index (χ2v) is 6.66. The van der Waals surface area contributed by atoms with Gasteiger partial charge in [-0.3, -0.25) is 9.69 Å². The number of hydrogen-bond acceptors (Lipinski definition) is 3. The molecule has 0 radical (unpaired) electrons. The molecule has 0 aromatic heterocycles. The van der Waals surface area contributed by atoms with Crippen LogP contribution in [0.15, 0.2) is 24.3 Å². The topological polar surface area (TPSA) is 44.4 Å². The van der Waals surface area contributed by atoms with Crippen LogP contribution < -0.4 is 10.6 Å². The first-order valence-corrected chi connectivity index (χ1v) is 8.15. The van der Waals surface area contributed by atoms with Gasteiger partial charge in [0.2, 0.25) is 5.91 Å². The summed E-state index contributed by atoms with van der Waals surface area (Å²) in [6.45, 7) is 4.43. The summed E-state index contributed by atoms with van der Waals surface area (Å²) in [5.41, 5.74) is 2.27. The molecule has 5 heteroatoms. The van der Waals surface area contributed by atoms with Crippen LogP contribution in [0.1, 0.15) is 18.4 Å². The van der Waals surface area contributed by atoms with Crippen molar-refractivity contribution >= 4 is 24.0 Å². The summed E-state index contributed by atoms with van der Waals surface area (Å²) in [5.74, 6) is 1.74. The van der Waals surface area contributed by atoms with Crippen molar-refractivity contribution in [3.8, 4) is 0 Å². The Bertz CT molecular complexity index is 550. The van der Waals surface area contributed by atoms with Crippen molar-refractivity contribution < 1.29 is 4.79 Å². The predicted octanol–water partition coefficient (Wildman–Crippen LogP) is 1.90. The molecule has 4 rings (SSSR count). The molecule has 3 aliphatic rings. The second-order valence-electron chi connectivity index (χ2n) is 6.66. The van der Waals surface area contributed by atoms with E-state index in [0.717, 1.165) is 50.0 Å². The molecule has 3 heterocycles. The van der Waals surface area contributed by atoms with Crippen LogP contribution in [0.3, 0.4) is 0 Å². The molecule has 0 saturated carbocycles. The van der Waals surface area contributed by atoms with E-state index in [0.29, 0.717) is 0 Å². The van der Waals surface area contributed by atoms with Gasteiger partial charge in [-0.15, -0.1) is 12.4 Å². The lowest BCUT2D eigenvalue weighted by Crippen LogP contribution is -2.50. The highest BCUT2D eigenvalue weighted by Crippen LogP contribution is 2.30. The van der Waals surface area contributed by atoms with Crippen LogP contribution >= 0.6 is 12.4 Å². The molecule has 0 spiro atoms. The molecule has 22 heavy (non-hydrogen) atoms. The number of fused-ring (bicyclic) bond motifs is 2. The number of benzene rings is 1. The minimum absolute atomic E-state index is 0. The highest BCUT2D eigenvalue weighted by molar-refractivity contribution is 5.96. The van der Waals surface area contributed by atoms with Gasteiger partial charge in [0.1, 0.15) is 0 Å². The van der Waals surface area contributed by atoms with Crippen LogP contribution in [0.4, 0.5) is 5.69 Å². The summed E-state index contributed by atoms with van der Waals surface area (Å²) in [7, 11) is 0. The average Bonchev–Trinajstić information content (AvgIpc) is 2.89. The first-order chi connectivity index (χ1) is 10.3. The van der Waals surface area contributed by atoms with Crippen molar-refractivity contribution in [1.82, 2.24) is 10.2 Å². The maximum absolute atomic E-state index is 12.6. The molecule has 2 N–H and O–H groups in total. The Morgan fingerprint density at radius 3 is 2.82 bits per heavy atom. The molecule has 2 fully saturated rings. The first kappa shape index (κ1) is 15.8. The lowest BCUT2D eigenvalue weighted by Gasteiger charge is -2.38. The summed E-state index contributed by atoms with van der Waals surface area (Å²) in [6.07, 6.45) is 3.16. The minimum Gasteiger partial charge on any atom is -0.324 e. The fourth-order valence-electron chi connectivity index (χ4n) is 4.19. The number of likely N-dealkylation sites (tertiary alicyclic amines) is 1. The van der Waals surface area contributed by atoms with Crippen molar-refractivity contribution in [3.63, 3.8) is 0 Å². The number of aryl methyl sites for hydroxylation is 1. The number of nitrogens with zero attached hydrogens (tertiary/aromatic N) is 1. The van der Waals surface area contributed by atoms with Crippen LogP contribution in [0.2, 0.25) is 0 Å². The van der Waals surface area contributed by atoms with E-state index >= 15 is 0 Å². The second kappa shape index (κ2) is 6.57. The van der Waals surface area contributed by atoms with Gasteiger partial charge in [-0.1, -0.05) is 18.2 Å². The van der Waals surface area contributed by atoms with Crippen LogP contribution in [0.25, 0.3) is 0 Å². The van der Waals surface area contributed by atoms with Gasteiger partial charge in [-0.05, 0) is 62.4 Å². The Hall–Kier alpha value is -1.10. The maximum atomic E-state index is 12.6. The number of amides is 1. The summed E-state index contributed by atoms with van der Waals surface area (Å²) in [6, 6.07) is 8.24. The maximum Gasteiger partial charge on any atom is 0.241 e. The zero-order valence-corrected chi connectivity index (χ0v) is 13.6. The highest BCUT2D eigenvalue weighted by atomic mass is 35.5. The van der Waals surface area contributed by atoms with E-state index in [1.54, 1.807) is 0 Å². The lowest BCUT2D eigenvalue weighted by molar-refractivity contribution is -0.122. The van der Waals surface area contributed by atoms with E-state index in [4.69, 9.17) is 0 Å². The van der Waals surface area contributed by atoms with E-state index in [1.165, 1.54) is 18.5 Å². The van der Waals surface area contributed by atoms with Crippen molar-refractivity contribution in [2.24, 2.45) is 11.8 Å². The SMILES string of the molecule is Cl.O=C1Nc2ccccc2CCC1N1CCC2CNCC2C1. The molecule has 3 unspecified atom stereocenters. The van der Waals surface area contributed by atoms with E-state index < -0.39 is 0 Å².